The van der Waals surface area contributed by atoms with Crippen LogP contribution >= 0.6 is 0 Å². The third kappa shape index (κ3) is 6.26. The smallest absolute Gasteiger partial charge is 0.116 e. The minimum atomic E-state index is 0.484. The molecule has 3 aromatic rings. The molecule has 1 heterocycles. The van der Waals surface area contributed by atoms with E-state index in [4.69, 9.17) is 0 Å². The van der Waals surface area contributed by atoms with E-state index in [0.717, 1.165) is 18.7 Å². The van der Waals surface area contributed by atoms with Crippen LogP contribution in [0.25, 0.3) is 0 Å². The fourth-order valence-electron chi connectivity index (χ4n) is 2.76. The molecule has 3 heteroatoms. The van der Waals surface area contributed by atoms with Crippen LogP contribution in [0.3, 0.4) is 0 Å². The Bertz CT molecular complexity index is 668. The SMILES string of the molecule is BC(c1ccccc1)c1ccccc1.CCCCc1cnc(CC)[nH]1. The van der Waals surface area contributed by atoms with Gasteiger partial charge in [-0.15, -0.1) is 0 Å². The van der Waals surface area contributed by atoms with Crippen LogP contribution in [0.15, 0.2) is 66.9 Å². The number of unbranched alkanes of at least 4 members (excludes halogenated alkanes) is 1. The number of H-pyrrole nitrogens is 1. The molecule has 0 spiro atoms. The van der Waals surface area contributed by atoms with E-state index in [1.165, 1.54) is 29.7 Å². The zero-order valence-electron chi connectivity index (χ0n) is 15.7. The first-order chi connectivity index (χ1) is 12.2. The standard InChI is InChI=1S/C13H13B.C9H16N2/c14-13(11-7-3-1-4-8-11)12-9-5-2-6-10-12;1-3-5-6-8-7-10-9(4-2)11-8/h1-10,13H,14H2;7H,3-6H2,1-2H3,(H,10,11). The molecule has 0 aliphatic heterocycles. The minimum Gasteiger partial charge on any atom is -0.346 e. The molecule has 0 aliphatic rings. The van der Waals surface area contributed by atoms with Gasteiger partial charge in [0.15, 0.2) is 0 Å². The molecule has 0 atom stereocenters. The fraction of sp³-hybridized carbons (Fsp3) is 0.318. The Morgan fingerprint density at radius 1 is 0.920 bits per heavy atom. The van der Waals surface area contributed by atoms with Crippen LogP contribution in [0.4, 0.5) is 0 Å². The van der Waals surface area contributed by atoms with E-state index in [1.54, 1.807) is 0 Å². The first-order valence-corrected chi connectivity index (χ1v) is 9.37. The Kier molecular flexibility index (Phi) is 8.04. The molecule has 1 N–H and O–H groups in total. The lowest BCUT2D eigenvalue weighted by Gasteiger charge is -2.11. The van der Waals surface area contributed by atoms with Crippen molar-refractivity contribution in [3.63, 3.8) is 0 Å². The first kappa shape index (κ1) is 19.0. The normalized spacial score (nSPS) is 10.4. The second kappa shape index (κ2) is 10.6. The van der Waals surface area contributed by atoms with Crippen LogP contribution in [-0.4, -0.2) is 17.8 Å². The summed E-state index contributed by atoms with van der Waals surface area (Å²) in [5.74, 6) is 1.59. The van der Waals surface area contributed by atoms with Crippen LogP contribution in [0, 0.1) is 0 Å². The van der Waals surface area contributed by atoms with Crippen LogP contribution in [0.1, 0.15) is 55.2 Å². The second-order valence-electron chi connectivity index (χ2n) is 6.36. The molecule has 0 aliphatic carbocycles. The first-order valence-electron chi connectivity index (χ1n) is 9.37. The Morgan fingerprint density at radius 3 is 1.92 bits per heavy atom. The second-order valence-corrected chi connectivity index (χ2v) is 6.36. The molecular formula is C22H29BN2. The Labute approximate surface area is 153 Å². The Balaban J connectivity index is 0.000000186. The van der Waals surface area contributed by atoms with Crippen LogP contribution in [0.5, 0.6) is 0 Å². The van der Waals surface area contributed by atoms with Crippen molar-refractivity contribution in [1.29, 1.82) is 0 Å². The number of nitrogens with one attached hydrogen (secondary N) is 1. The molecule has 0 bridgehead atoms. The third-order valence-electron chi connectivity index (χ3n) is 4.41. The van der Waals surface area contributed by atoms with Gasteiger partial charge in [-0.2, -0.15) is 0 Å². The van der Waals surface area contributed by atoms with Crippen molar-refractivity contribution in [2.45, 2.75) is 45.3 Å². The molecule has 0 saturated heterocycles. The topological polar surface area (TPSA) is 28.7 Å². The highest BCUT2D eigenvalue weighted by Gasteiger charge is 2.06. The lowest BCUT2D eigenvalue weighted by molar-refractivity contribution is 0.777. The number of hydrogen-bond donors (Lipinski definition) is 1. The summed E-state index contributed by atoms with van der Waals surface area (Å²) in [6.07, 6.45) is 6.61. The highest BCUT2D eigenvalue weighted by molar-refractivity contribution is 6.14. The monoisotopic (exact) mass is 332 g/mol. The molecule has 130 valence electrons. The molecule has 0 radical (unpaired) electrons. The quantitative estimate of drug-likeness (QED) is 0.650. The zero-order chi connectivity index (χ0) is 17.9. The predicted octanol–water partition coefficient (Wildman–Crippen LogP) is 4.72. The van der Waals surface area contributed by atoms with Crippen LogP contribution < -0.4 is 0 Å². The van der Waals surface area contributed by atoms with Gasteiger partial charge in [-0.3, -0.25) is 0 Å². The number of imidazole rings is 1. The van der Waals surface area contributed by atoms with E-state index in [2.05, 4.69) is 92.3 Å². The van der Waals surface area contributed by atoms with Crippen molar-refractivity contribution in [2.75, 3.05) is 0 Å². The number of aryl methyl sites for hydroxylation is 2. The third-order valence-corrected chi connectivity index (χ3v) is 4.41. The summed E-state index contributed by atoms with van der Waals surface area (Å²) in [6, 6.07) is 21.2. The van der Waals surface area contributed by atoms with Gasteiger partial charge < -0.3 is 4.98 Å². The molecule has 0 amide bonds. The lowest BCUT2D eigenvalue weighted by atomic mass is 9.76. The van der Waals surface area contributed by atoms with Gasteiger partial charge in [-0.25, -0.2) is 4.98 Å². The maximum absolute atomic E-state index is 4.23. The summed E-state index contributed by atoms with van der Waals surface area (Å²) in [4.78, 5) is 7.52. The van der Waals surface area contributed by atoms with Crippen LogP contribution in [0.2, 0.25) is 0 Å². The zero-order valence-corrected chi connectivity index (χ0v) is 15.7. The summed E-state index contributed by atoms with van der Waals surface area (Å²) in [5.41, 5.74) is 4.03. The van der Waals surface area contributed by atoms with Gasteiger partial charge in [0.25, 0.3) is 0 Å². The summed E-state index contributed by atoms with van der Waals surface area (Å²) in [5, 5.41) is 0. The van der Waals surface area contributed by atoms with Crippen molar-refractivity contribution < 1.29 is 0 Å². The average molecular weight is 332 g/mol. The number of nitrogens with zero attached hydrogens (tertiary/aromatic N) is 1. The summed E-state index contributed by atoms with van der Waals surface area (Å²) < 4.78 is 0. The highest BCUT2D eigenvalue weighted by atomic mass is 14.9. The van der Waals surface area contributed by atoms with Gasteiger partial charge >= 0.3 is 0 Å². The van der Waals surface area contributed by atoms with Crippen molar-refractivity contribution in [3.8, 4) is 0 Å². The largest absolute Gasteiger partial charge is 0.346 e. The summed E-state index contributed by atoms with van der Waals surface area (Å²) >= 11 is 0. The number of aromatic nitrogens is 2. The number of hydrogen-bond acceptors (Lipinski definition) is 1. The van der Waals surface area contributed by atoms with Crippen molar-refractivity contribution in [3.05, 3.63) is 89.5 Å². The van der Waals surface area contributed by atoms with Gasteiger partial charge in [0, 0.05) is 18.3 Å². The molecule has 2 aromatic carbocycles. The maximum atomic E-state index is 4.23. The van der Waals surface area contributed by atoms with Crippen LogP contribution in [-0.2, 0) is 12.8 Å². The molecule has 0 saturated carbocycles. The number of aromatic amines is 1. The van der Waals surface area contributed by atoms with E-state index >= 15 is 0 Å². The van der Waals surface area contributed by atoms with Crippen molar-refractivity contribution >= 4 is 7.85 Å². The van der Waals surface area contributed by atoms with Gasteiger partial charge in [-0.05, 0) is 29.8 Å². The molecule has 3 rings (SSSR count). The maximum Gasteiger partial charge on any atom is 0.116 e. The van der Waals surface area contributed by atoms with E-state index in [1.807, 2.05) is 6.20 Å². The Morgan fingerprint density at radius 2 is 1.48 bits per heavy atom. The van der Waals surface area contributed by atoms with Gasteiger partial charge in [0.1, 0.15) is 13.7 Å². The highest BCUT2D eigenvalue weighted by Crippen LogP contribution is 2.20. The predicted molar refractivity (Wildman–Crippen MR) is 110 cm³/mol. The van der Waals surface area contributed by atoms with Gasteiger partial charge in [-0.1, -0.05) is 80.9 Å². The molecule has 0 unspecified atom stereocenters. The van der Waals surface area contributed by atoms with Crippen molar-refractivity contribution in [2.24, 2.45) is 0 Å². The lowest BCUT2D eigenvalue weighted by Crippen LogP contribution is -1.99. The van der Waals surface area contributed by atoms with Gasteiger partial charge in [0.2, 0.25) is 0 Å². The minimum absolute atomic E-state index is 0.484. The number of benzene rings is 2. The van der Waals surface area contributed by atoms with E-state index in [9.17, 15) is 0 Å². The molecule has 2 nitrogen and oxygen atoms in total. The Hall–Kier alpha value is -2.29. The van der Waals surface area contributed by atoms with E-state index < -0.39 is 0 Å². The molecular weight excluding hydrogens is 303 g/mol. The van der Waals surface area contributed by atoms with E-state index in [-0.39, 0.29) is 0 Å². The summed E-state index contributed by atoms with van der Waals surface area (Å²) in [7, 11) is 2.24. The summed E-state index contributed by atoms with van der Waals surface area (Å²) in [6.45, 7) is 4.32. The molecule has 1 aromatic heterocycles. The fourth-order valence-corrected chi connectivity index (χ4v) is 2.76. The molecule has 25 heavy (non-hydrogen) atoms. The average Bonchev–Trinajstić information content (AvgIpc) is 3.16. The van der Waals surface area contributed by atoms with E-state index in [0.29, 0.717) is 5.82 Å². The van der Waals surface area contributed by atoms with Crippen molar-refractivity contribution in [1.82, 2.24) is 9.97 Å². The van der Waals surface area contributed by atoms with Gasteiger partial charge in [0.05, 0.1) is 0 Å². The number of rotatable bonds is 6. The molecule has 0 fully saturated rings.